The van der Waals surface area contributed by atoms with Crippen molar-refractivity contribution < 1.29 is 14.6 Å². The first kappa shape index (κ1) is 7.60. The second-order valence-corrected chi connectivity index (χ2v) is 2.57. The molecule has 2 aromatic rings. The number of hydrogen-bond donors (Lipinski definition) is 1. The van der Waals surface area contributed by atoms with Crippen molar-refractivity contribution in [1.29, 1.82) is 0 Å². The lowest BCUT2D eigenvalue weighted by molar-refractivity contribution is -0.576. The molecule has 1 N–H and O–H groups in total. The molecule has 0 saturated carbocycles. The van der Waals surface area contributed by atoms with Crippen LogP contribution in [0.5, 0.6) is 0 Å². The van der Waals surface area contributed by atoms with E-state index < -0.39 is 6.09 Å². The quantitative estimate of drug-likeness (QED) is 0.479. The maximum absolute atomic E-state index is 11.1. The summed E-state index contributed by atoms with van der Waals surface area (Å²) in [7, 11) is 0. The molecule has 0 bridgehead atoms. The summed E-state index contributed by atoms with van der Waals surface area (Å²) in [6.45, 7) is 0. The summed E-state index contributed by atoms with van der Waals surface area (Å²) in [5.74, 6) is 0. The molecule has 0 amide bonds. The Morgan fingerprint density at radius 3 is 3.00 bits per heavy atom. The number of pyridine rings is 1. The molecular weight excluding hydrogens is 172 g/mol. The summed E-state index contributed by atoms with van der Waals surface area (Å²) in [5.41, 5.74) is 0.745. The number of rotatable bonds is 0. The number of carboxylic acid groups (broad SMARTS) is 1. The van der Waals surface area contributed by atoms with Crippen molar-refractivity contribution in [2.24, 2.45) is 0 Å². The lowest BCUT2D eigenvalue weighted by atomic mass is 10.4. The van der Waals surface area contributed by atoms with E-state index in [1.54, 1.807) is 6.07 Å². The maximum Gasteiger partial charge on any atom is 0.416 e. The van der Waals surface area contributed by atoms with Crippen molar-refractivity contribution in [3.8, 4) is 0 Å². The summed E-state index contributed by atoms with van der Waals surface area (Å²) in [6, 6.07) is 4.56. The van der Waals surface area contributed by atoms with Gasteiger partial charge in [0.25, 0.3) is 0 Å². The van der Waals surface area contributed by atoms with Gasteiger partial charge >= 0.3 is 6.09 Å². The summed E-state index contributed by atoms with van der Waals surface area (Å²) in [4.78, 5) is 10.6. The van der Waals surface area contributed by atoms with E-state index in [0.717, 1.165) is 4.57 Å². The van der Waals surface area contributed by atoms with Crippen molar-refractivity contribution >= 4 is 17.1 Å². The number of hydrogen-bond acceptors (Lipinski definition) is 2. The van der Waals surface area contributed by atoms with E-state index in [9.17, 15) is 10.0 Å². The van der Waals surface area contributed by atoms with Gasteiger partial charge in [0, 0.05) is 18.3 Å². The van der Waals surface area contributed by atoms with Crippen LogP contribution in [0.4, 0.5) is 4.79 Å². The van der Waals surface area contributed by atoms with Crippen LogP contribution in [-0.4, -0.2) is 15.8 Å². The van der Waals surface area contributed by atoms with Crippen LogP contribution in [0.2, 0.25) is 0 Å². The van der Waals surface area contributed by atoms with Crippen LogP contribution < -0.4 is 4.73 Å². The number of fused-ring (bicyclic) bond motifs is 1. The van der Waals surface area contributed by atoms with E-state index in [0.29, 0.717) is 15.8 Å². The highest BCUT2D eigenvalue weighted by Crippen LogP contribution is 2.10. The molecule has 66 valence electrons. The Labute approximate surface area is 73.0 Å². The monoisotopic (exact) mass is 178 g/mol. The van der Waals surface area contributed by atoms with Gasteiger partial charge in [-0.1, -0.05) is 0 Å². The van der Waals surface area contributed by atoms with Crippen LogP contribution >= 0.6 is 0 Å². The summed E-state index contributed by atoms with van der Waals surface area (Å²) < 4.78 is 1.64. The minimum Gasteiger partial charge on any atom is -0.618 e. The van der Waals surface area contributed by atoms with Gasteiger partial charge in [-0.05, 0) is 6.07 Å². The highest BCUT2D eigenvalue weighted by atomic mass is 16.5. The minimum atomic E-state index is -1.10. The van der Waals surface area contributed by atoms with E-state index in [4.69, 9.17) is 5.11 Å². The van der Waals surface area contributed by atoms with Crippen molar-refractivity contribution in [3.05, 3.63) is 35.8 Å². The maximum atomic E-state index is 11.1. The fourth-order valence-corrected chi connectivity index (χ4v) is 1.25. The summed E-state index contributed by atoms with van der Waals surface area (Å²) >= 11 is 0. The lowest BCUT2D eigenvalue weighted by Crippen LogP contribution is -2.25. The zero-order chi connectivity index (χ0) is 9.42. The second-order valence-electron chi connectivity index (χ2n) is 2.57. The van der Waals surface area contributed by atoms with Crippen molar-refractivity contribution in [2.45, 2.75) is 0 Å². The van der Waals surface area contributed by atoms with Gasteiger partial charge in [0.2, 0.25) is 5.52 Å². The molecule has 0 aromatic carbocycles. The average Bonchev–Trinajstić information content (AvgIpc) is 2.48. The minimum absolute atomic E-state index is 0.352. The molecule has 0 saturated heterocycles. The highest BCUT2D eigenvalue weighted by molar-refractivity contribution is 5.84. The molecular formula is C8H6N2O3. The molecule has 0 radical (unpaired) electrons. The van der Waals surface area contributed by atoms with E-state index in [1.165, 1.54) is 24.5 Å². The molecule has 0 spiro atoms. The van der Waals surface area contributed by atoms with Gasteiger partial charge in [0.1, 0.15) is 5.52 Å². The smallest absolute Gasteiger partial charge is 0.416 e. The first-order valence-corrected chi connectivity index (χ1v) is 3.62. The molecule has 13 heavy (non-hydrogen) atoms. The zero-order valence-electron chi connectivity index (χ0n) is 6.54. The van der Waals surface area contributed by atoms with E-state index in [2.05, 4.69) is 0 Å². The van der Waals surface area contributed by atoms with Crippen LogP contribution in [-0.2, 0) is 0 Å². The third-order valence-electron chi connectivity index (χ3n) is 1.82. The Morgan fingerprint density at radius 1 is 1.54 bits per heavy atom. The molecule has 2 aromatic heterocycles. The Hall–Kier alpha value is -2.04. The van der Waals surface area contributed by atoms with Gasteiger partial charge in [-0.3, -0.25) is 0 Å². The fourth-order valence-electron chi connectivity index (χ4n) is 1.25. The molecule has 0 fully saturated rings. The van der Waals surface area contributed by atoms with Gasteiger partial charge < -0.3 is 10.3 Å². The van der Waals surface area contributed by atoms with Crippen molar-refractivity contribution in [3.63, 3.8) is 0 Å². The Balaban J connectivity index is 2.83. The van der Waals surface area contributed by atoms with Crippen LogP contribution in [0, 0.1) is 5.21 Å². The zero-order valence-corrected chi connectivity index (χ0v) is 6.54. The topological polar surface area (TPSA) is 69.2 Å². The second kappa shape index (κ2) is 2.48. The summed E-state index contributed by atoms with van der Waals surface area (Å²) in [5, 5.41) is 19.8. The van der Waals surface area contributed by atoms with Gasteiger partial charge in [-0.25, -0.2) is 9.36 Å². The molecule has 0 unspecified atom stereocenters. The van der Waals surface area contributed by atoms with Crippen molar-refractivity contribution in [2.75, 3.05) is 0 Å². The largest absolute Gasteiger partial charge is 0.618 e. The third-order valence-corrected chi connectivity index (χ3v) is 1.82. The van der Waals surface area contributed by atoms with Gasteiger partial charge in [0.05, 0.1) is 0 Å². The molecule has 2 heterocycles. The Bertz CT molecular complexity index is 475. The standard InChI is InChI=1S/C8H6N2O3/c11-8(12)9-5-3-7-6(9)2-1-4-10(7)13/h1-5H,(H,11,12). The fraction of sp³-hybridized carbons (Fsp3) is 0. The molecule has 5 heteroatoms. The average molecular weight is 178 g/mol. The van der Waals surface area contributed by atoms with E-state index in [-0.39, 0.29) is 0 Å². The number of aromatic nitrogens is 2. The molecule has 0 aliphatic rings. The first-order valence-electron chi connectivity index (χ1n) is 3.62. The van der Waals surface area contributed by atoms with Crippen LogP contribution in [0.3, 0.4) is 0 Å². The first-order chi connectivity index (χ1) is 6.20. The molecule has 5 nitrogen and oxygen atoms in total. The van der Waals surface area contributed by atoms with E-state index >= 15 is 0 Å². The van der Waals surface area contributed by atoms with Gasteiger partial charge in [0.15, 0.2) is 6.20 Å². The van der Waals surface area contributed by atoms with E-state index in [1.807, 2.05) is 0 Å². The SMILES string of the molecule is O=C(O)n1ccc2c1ccc[n+]2[O-]. The number of carbonyl (C=O) groups is 1. The molecule has 2 rings (SSSR count). The van der Waals surface area contributed by atoms with Crippen LogP contribution in [0.25, 0.3) is 11.0 Å². The Kier molecular flexibility index (Phi) is 1.45. The predicted molar refractivity (Wildman–Crippen MR) is 44.3 cm³/mol. The molecule has 0 aliphatic carbocycles. The number of nitrogens with zero attached hydrogens (tertiary/aromatic N) is 2. The van der Waals surface area contributed by atoms with Crippen LogP contribution in [0.1, 0.15) is 0 Å². The van der Waals surface area contributed by atoms with Gasteiger partial charge in [-0.15, -0.1) is 0 Å². The Morgan fingerprint density at radius 2 is 2.31 bits per heavy atom. The van der Waals surface area contributed by atoms with Crippen molar-refractivity contribution in [1.82, 2.24) is 4.57 Å². The highest BCUT2D eigenvalue weighted by Gasteiger charge is 2.11. The van der Waals surface area contributed by atoms with Gasteiger partial charge in [-0.2, -0.15) is 4.73 Å². The van der Waals surface area contributed by atoms with Crippen LogP contribution in [0.15, 0.2) is 30.6 Å². The lowest BCUT2D eigenvalue weighted by Gasteiger charge is -1.97. The normalized spacial score (nSPS) is 10.5. The molecule has 0 aliphatic heterocycles. The predicted octanol–water partition coefficient (Wildman–Crippen LogP) is 0.801. The third kappa shape index (κ3) is 1.01. The summed E-state index contributed by atoms with van der Waals surface area (Å²) in [6.07, 6.45) is 1.58. The molecule has 0 atom stereocenters.